The number of halogens is 2. The third-order valence-corrected chi connectivity index (χ3v) is 6.76. The van der Waals surface area contributed by atoms with Crippen LogP contribution in [0.3, 0.4) is 0 Å². The number of benzene rings is 2. The van der Waals surface area contributed by atoms with Gasteiger partial charge in [0.05, 0.1) is 23.3 Å². The molecule has 7 nitrogen and oxygen atoms in total. The highest BCUT2D eigenvalue weighted by atomic mass is 19.1. The van der Waals surface area contributed by atoms with E-state index >= 15 is 0 Å². The first-order valence-electron chi connectivity index (χ1n) is 14.2. The third kappa shape index (κ3) is 9.72. The number of pyridine rings is 1. The van der Waals surface area contributed by atoms with E-state index in [1.807, 2.05) is 32.0 Å². The first-order valence-corrected chi connectivity index (χ1v) is 14.2. The van der Waals surface area contributed by atoms with Crippen molar-refractivity contribution in [3.8, 4) is 0 Å². The van der Waals surface area contributed by atoms with E-state index in [0.29, 0.717) is 30.8 Å². The Bertz CT molecular complexity index is 1280. The van der Waals surface area contributed by atoms with Crippen molar-refractivity contribution in [3.63, 3.8) is 0 Å². The molecule has 220 valence electrons. The van der Waals surface area contributed by atoms with Crippen molar-refractivity contribution in [1.82, 2.24) is 20.5 Å². The molecular weight excluding hydrogens is 526 g/mol. The lowest BCUT2D eigenvalue weighted by Crippen LogP contribution is -2.48. The zero-order chi connectivity index (χ0) is 29.8. The van der Waals surface area contributed by atoms with Gasteiger partial charge in [0.2, 0.25) is 0 Å². The van der Waals surface area contributed by atoms with Gasteiger partial charge in [-0.15, -0.1) is 0 Å². The number of aromatic nitrogens is 1. The largest absolute Gasteiger partial charge is 0.390 e. The van der Waals surface area contributed by atoms with Gasteiger partial charge < -0.3 is 20.6 Å². The van der Waals surface area contributed by atoms with E-state index in [2.05, 4.69) is 28.6 Å². The lowest BCUT2D eigenvalue weighted by molar-refractivity contribution is 0.0755. The average Bonchev–Trinajstić information content (AvgIpc) is 2.96. The molecule has 0 fully saturated rings. The number of carbonyl (C=O) groups excluding carboxylic acids is 2. The summed E-state index contributed by atoms with van der Waals surface area (Å²) in [5.74, 6) is -2.25. The maximum Gasteiger partial charge on any atom is 0.255 e. The molecule has 0 aliphatic rings. The van der Waals surface area contributed by atoms with Gasteiger partial charge >= 0.3 is 0 Å². The van der Waals surface area contributed by atoms with Crippen molar-refractivity contribution < 1.29 is 23.5 Å². The van der Waals surface area contributed by atoms with Crippen molar-refractivity contribution in [2.75, 3.05) is 19.6 Å². The molecule has 2 aromatic carbocycles. The number of aliphatic hydroxyl groups is 1. The maximum absolute atomic E-state index is 13.9. The van der Waals surface area contributed by atoms with E-state index in [1.54, 1.807) is 4.90 Å². The van der Waals surface area contributed by atoms with Crippen molar-refractivity contribution in [2.24, 2.45) is 0 Å². The Kier molecular flexibility index (Phi) is 12.4. The van der Waals surface area contributed by atoms with Crippen LogP contribution < -0.4 is 10.6 Å². The molecule has 3 aromatic rings. The Morgan fingerprint density at radius 1 is 0.902 bits per heavy atom. The van der Waals surface area contributed by atoms with Crippen LogP contribution in [0.25, 0.3) is 0 Å². The van der Waals surface area contributed by atoms with E-state index < -0.39 is 29.7 Å². The minimum absolute atomic E-state index is 0.0125. The quantitative estimate of drug-likeness (QED) is 0.249. The minimum atomic E-state index is -1.08. The summed E-state index contributed by atoms with van der Waals surface area (Å²) < 4.78 is 27.8. The van der Waals surface area contributed by atoms with Crippen molar-refractivity contribution in [1.29, 1.82) is 0 Å². The molecule has 0 aliphatic carbocycles. The van der Waals surface area contributed by atoms with Crippen molar-refractivity contribution >= 4 is 11.8 Å². The molecule has 2 amide bonds. The number of amides is 2. The van der Waals surface area contributed by atoms with Crippen LogP contribution in [0.4, 0.5) is 8.78 Å². The van der Waals surface area contributed by atoms with Gasteiger partial charge in [-0.25, -0.2) is 8.78 Å². The van der Waals surface area contributed by atoms with Gasteiger partial charge in [-0.2, -0.15) is 0 Å². The van der Waals surface area contributed by atoms with Gasteiger partial charge in [0.25, 0.3) is 11.8 Å². The molecule has 0 spiro atoms. The third-order valence-electron chi connectivity index (χ3n) is 6.76. The number of aliphatic hydroxyl groups excluding tert-OH is 1. The van der Waals surface area contributed by atoms with Gasteiger partial charge in [-0.1, -0.05) is 45.0 Å². The number of hydrogen-bond donors (Lipinski definition) is 3. The van der Waals surface area contributed by atoms with Crippen LogP contribution in [-0.4, -0.2) is 58.6 Å². The number of carbonyl (C=O) groups is 2. The van der Waals surface area contributed by atoms with Crippen LogP contribution >= 0.6 is 0 Å². The van der Waals surface area contributed by atoms with Gasteiger partial charge in [0, 0.05) is 44.6 Å². The summed E-state index contributed by atoms with van der Waals surface area (Å²) >= 11 is 0. The normalized spacial score (nSPS) is 12.5. The first kappa shape index (κ1) is 31.8. The SMILES string of the molecule is CCCN(CCC)C(=O)c1cncc(C(=O)N[C@@H](Cc2cc(F)cc(F)c2)[C@H](O)CNCc2cccc(CC)c2)c1. The lowest BCUT2D eigenvalue weighted by Gasteiger charge is -2.25. The molecule has 1 aromatic heterocycles. The van der Waals surface area contributed by atoms with Crippen LogP contribution in [-0.2, 0) is 19.4 Å². The molecule has 0 unspecified atom stereocenters. The molecule has 3 rings (SSSR count). The topological polar surface area (TPSA) is 94.6 Å². The van der Waals surface area contributed by atoms with Crippen LogP contribution in [0.15, 0.2) is 60.9 Å². The molecule has 1 heterocycles. The number of nitrogens with one attached hydrogen (secondary N) is 2. The molecule has 0 saturated carbocycles. The van der Waals surface area contributed by atoms with E-state index in [0.717, 1.165) is 30.9 Å². The lowest BCUT2D eigenvalue weighted by atomic mass is 10.00. The molecule has 3 N–H and O–H groups in total. The second-order valence-corrected chi connectivity index (χ2v) is 10.2. The number of nitrogens with zero attached hydrogens (tertiary/aromatic N) is 2. The monoisotopic (exact) mass is 566 g/mol. The average molecular weight is 567 g/mol. The highest BCUT2D eigenvalue weighted by Gasteiger charge is 2.24. The van der Waals surface area contributed by atoms with E-state index in [1.165, 1.54) is 36.2 Å². The zero-order valence-electron chi connectivity index (χ0n) is 24.0. The van der Waals surface area contributed by atoms with Gasteiger partial charge in [0.15, 0.2) is 0 Å². The summed E-state index contributed by atoms with van der Waals surface area (Å²) in [6, 6.07) is 11.8. The number of hydrogen-bond acceptors (Lipinski definition) is 5. The number of aryl methyl sites for hydroxylation is 1. The Morgan fingerprint density at radius 2 is 1.56 bits per heavy atom. The predicted octanol–water partition coefficient (Wildman–Crippen LogP) is 4.68. The fourth-order valence-corrected chi connectivity index (χ4v) is 4.70. The Balaban J connectivity index is 1.76. The molecule has 2 atom stereocenters. The molecule has 9 heteroatoms. The molecule has 41 heavy (non-hydrogen) atoms. The van der Waals surface area contributed by atoms with Gasteiger partial charge in [-0.05, 0) is 60.6 Å². The van der Waals surface area contributed by atoms with Crippen molar-refractivity contribution in [3.05, 3.63) is 100 Å². The Morgan fingerprint density at radius 3 is 2.22 bits per heavy atom. The standard InChI is InChI=1S/C32H40F2N4O3/c1-4-10-38(11-5-2)32(41)26-16-25(19-36-20-26)31(40)37-29(15-24-13-27(33)17-28(34)14-24)30(39)21-35-18-23-9-7-8-22(6-3)12-23/h7-9,12-14,16-17,19-20,29-30,35,39H,4-6,10-11,15,18,21H2,1-3H3,(H,37,40)/t29-,30+/m0/s1. The maximum atomic E-state index is 13.9. The summed E-state index contributed by atoms with van der Waals surface area (Å²) in [4.78, 5) is 32.2. The van der Waals surface area contributed by atoms with E-state index in [4.69, 9.17) is 0 Å². The molecule has 0 bridgehead atoms. The van der Waals surface area contributed by atoms with E-state index in [-0.39, 0.29) is 24.4 Å². The highest BCUT2D eigenvalue weighted by Crippen LogP contribution is 2.14. The van der Waals surface area contributed by atoms with E-state index in [9.17, 15) is 23.5 Å². The van der Waals surface area contributed by atoms with Crippen molar-refractivity contribution in [2.45, 2.75) is 65.1 Å². The molecule has 0 aliphatic heterocycles. The summed E-state index contributed by atoms with van der Waals surface area (Å²) in [7, 11) is 0. The highest BCUT2D eigenvalue weighted by molar-refractivity contribution is 5.99. The van der Waals surface area contributed by atoms with Gasteiger partial charge in [0.1, 0.15) is 11.6 Å². The van der Waals surface area contributed by atoms with Crippen LogP contribution in [0.1, 0.15) is 71.0 Å². The fourth-order valence-electron chi connectivity index (χ4n) is 4.70. The van der Waals surface area contributed by atoms with Crippen LogP contribution in [0.2, 0.25) is 0 Å². The molecule has 0 radical (unpaired) electrons. The molecule has 0 saturated heterocycles. The first-order chi connectivity index (χ1) is 19.7. The number of rotatable bonds is 15. The predicted molar refractivity (Wildman–Crippen MR) is 156 cm³/mol. The summed E-state index contributed by atoms with van der Waals surface area (Å²) in [6.07, 6.45) is 4.20. The molecular formula is C32H40F2N4O3. The van der Waals surface area contributed by atoms with Gasteiger partial charge in [-0.3, -0.25) is 14.6 Å². The Labute approximate surface area is 241 Å². The summed E-state index contributed by atoms with van der Waals surface area (Å²) in [5, 5.41) is 17.1. The Hall–Kier alpha value is -3.69. The van der Waals surface area contributed by atoms with Crippen LogP contribution in [0.5, 0.6) is 0 Å². The second kappa shape index (κ2) is 15.9. The second-order valence-electron chi connectivity index (χ2n) is 10.2. The minimum Gasteiger partial charge on any atom is -0.390 e. The smallest absolute Gasteiger partial charge is 0.255 e. The zero-order valence-corrected chi connectivity index (χ0v) is 24.0. The summed E-state index contributed by atoms with van der Waals surface area (Å²) in [5.41, 5.74) is 2.98. The summed E-state index contributed by atoms with van der Waals surface area (Å²) in [6.45, 7) is 7.87. The fraction of sp³-hybridized carbons (Fsp3) is 0.406. The van der Waals surface area contributed by atoms with Crippen LogP contribution in [0, 0.1) is 11.6 Å².